The zero-order chi connectivity index (χ0) is 25.8. The molecule has 0 spiro atoms. The molecule has 0 aromatic heterocycles. The van der Waals surface area contributed by atoms with E-state index in [-0.39, 0.29) is 31.4 Å². The van der Waals surface area contributed by atoms with Gasteiger partial charge in [-0.1, -0.05) is 35.5 Å². The highest BCUT2D eigenvalue weighted by molar-refractivity contribution is 8.16. The van der Waals surface area contributed by atoms with E-state index in [0.717, 1.165) is 11.3 Å². The SMILES string of the molecule is COCCOC(=O)C1=C(C)N=C2SC=C(CC(=O)N3CCN(C(C)=O)CC3)N2C1c1cccc(Cl)c1. The molecular formula is C25H29ClN4O5S. The molecule has 1 aromatic carbocycles. The molecule has 3 heterocycles. The smallest absolute Gasteiger partial charge is 0.338 e. The lowest BCUT2D eigenvalue weighted by Gasteiger charge is -2.37. The quantitative estimate of drug-likeness (QED) is 0.393. The maximum Gasteiger partial charge on any atom is 0.338 e. The van der Waals surface area contributed by atoms with E-state index in [1.807, 2.05) is 28.5 Å². The Labute approximate surface area is 219 Å². The first-order valence-electron chi connectivity index (χ1n) is 11.7. The number of nitrogens with zero attached hydrogens (tertiary/aromatic N) is 4. The molecule has 1 aromatic rings. The lowest BCUT2D eigenvalue weighted by molar-refractivity contribution is -0.141. The number of amides is 2. The van der Waals surface area contributed by atoms with E-state index >= 15 is 0 Å². The second-order valence-electron chi connectivity index (χ2n) is 8.64. The zero-order valence-corrected chi connectivity index (χ0v) is 22.1. The van der Waals surface area contributed by atoms with Gasteiger partial charge in [-0.3, -0.25) is 9.59 Å². The average Bonchev–Trinajstić information content (AvgIpc) is 3.25. The number of piperazine rings is 1. The number of fused-ring (bicyclic) bond motifs is 1. The fourth-order valence-corrected chi connectivity index (χ4v) is 5.62. The number of hydrogen-bond acceptors (Lipinski definition) is 8. The number of halogens is 1. The van der Waals surface area contributed by atoms with Gasteiger partial charge < -0.3 is 24.2 Å². The van der Waals surface area contributed by atoms with Gasteiger partial charge in [0.15, 0.2) is 5.17 Å². The van der Waals surface area contributed by atoms with E-state index in [0.29, 0.717) is 47.6 Å². The van der Waals surface area contributed by atoms with Crippen LogP contribution < -0.4 is 0 Å². The topological polar surface area (TPSA) is 91.7 Å². The number of ether oxygens (including phenoxy) is 2. The molecule has 9 nitrogen and oxygen atoms in total. The van der Waals surface area contributed by atoms with Crippen molar-refractivity contribution in [1.29, 1.82) is 0 Å². The van der Waals surface area contributed by atoms with Gasteiger partial charge in [-0.25, -0.2) is 9.79 Å². The maximum atomic E-state index is 13.2. The number of carbonyl (C=O) groups is 3. The predicted octanol–water partition coefficient (Wildman–Crippen LogP) is 3.19. The lowest BCUT2D eigenvalue weighted by Crippen LogP contribution is -2.50. The Bertz CT molecular complexity index is 1140. The van der Waals surface area contributed by atoms with Gasteiger partial charge in [0, 0.05) is 50.9 Å². The first-order valence-corrected chi connectivity index (χ1v) is 12.9. The van der Waals surface area contributed by atoms with Crippen molar-refractivity contribution >= 4 is 46.3 Å². The van der Waals surface area contributed by atoms with Gasteiger partial charge in [-0.15, -0.1) is 0 Å². The summed E-state index contributed by atoms with van der Waals surface area (Å²) < 4.78 is 10.5. The molecule has 0 saturated carbocycles. The van der Waals surface area contributed by atoms with Crippen molar-refractivity contribution in [3.05, 3.63) is 57.2 Å². The van der Waals surface area contributed by atoms with Crippen LogP contribution in [0.3, 0.4) is 0 Å². The van der Waals surface area contributed by atoms with Crippen LogP contribution in [0, 0.1) is 0 Å². The number of methoxy groups -OCH3 is 1. The van der Waals surface area contributed by atoms with Gasteiger partial charge >= 0.3 is 5.97 Å². The summed E-state index contributed by atoms with van der Waals surface area (Å²) in [6.07, 6.45) is 0.147. The Balaban J connectivity index is 1.60. The Morgan fingerprint density at radius 3 is 2.53 bits per heavy atom. The molecule has 0 bridgehead atoms. The third-order valence-electron chi connectivity index (χ3n) is 6.32. The van der Waals surface area contributed by atoms with Crippen molar-refractivity contribution in [1.82, 2.24) is 14.7 Å². The van der Waals surface area contributed by atoms with Gasteiger partial charge in [0.05, 0.1) is 30.3 Å². The minimum Gasteiger partial charge on any atom is -0.460 e. The number of rotatable bonds is 7. The molecule has 2 amide bonds. The molecule has 3 aliphatic heterocycles. The number of amidine groups is 1. The standard InChI is InChI=1S/C25H29ClN4O5S/c1-16-22(24(33)35-12-11-34-3)23(18-5-4-6-19(26)13-18)30-20(15-36-25(30)27-16)14-21(32)29-9-7-28(8-10-29)17(2)31/h4-6,13,15,23H,7-12,14H2,1-3H3. The molecule has 1 fully saturated rings. The molecule has 1 atom stereocenters. The molecular weight excluding hydrogens is 504 g/mol. The van der Waals surface area contributed by atoms with Crippen LogP contribution in [0.25, 0.3) is 0 Å². The van der Waals surface area contributed by atoms with Crippen LogP contribution in [0.15, 0.2) is 51.6 Å². The summed E-state index contributed by atoms with van der Waals surface area (Å²) in [7, 11) is 1.54. The van der Waals surface area contributed by atoms with Crippen LogP contribution in [0.5, 0.6) is 0 Å². The number of carbonyl (C=O) groups excluding carboxylic acids is 3. The molecule has 192 valence electrons. The molecule has 1 unspecified atom stereocenters. The summed E-state index contributed by atoms with van der Waals surface area (Å²) in [5, 5.41) is 3.14. The van der Waals surface area contributed by atoms with E-state index in [2.05, 4.69) is 4.99 Å². The second-order valence-corrected chi connectivity index (χ2v) is 9.91. The largest absolute Gasteiger partial charge is 0.460 e. The van der Waals surface area contributed by atoms with Crippen LogP contribution in [0.4, 0.5) is 0 Å². The van der Waals surface area contributed by atoms with Crippen LogP contribution in [-0.2, 0) is 23.9 Å². The van der Waals surface area contributed by atoms with E-state index < -0.39 is 12.0 Å². The predicted molar refractivity (Wildman–Crippen MR) is 138 cm³/mol. The third kappa shape index (κ3) is 5.61. The second kappa shape index (κ2) is 11.5. The molecule has 4 rings (SSSR count). The number of hydrogen-bond donors (Lipinski definition) is 0. The Kier molecular flexibility index (Phi) is 8.38. The Hall–Kier alpha value is -2.82. The number of allylic oxidation sites excluding steroid dienone is 1. The monoisotopic (exact) mass is 532 g/mol. The fraction of sp³-hybridized carbons (Fsp3) is 0.440. The highest BCUT2D eigenvalue weighted by Gasteiger charge is 2.41. The lowest BCUT2D eigenvalue weighted by atomic mass is 9.94. The van der Waals surface area contributed by atoms with E-state index in [1.54, 1.807) is 36.8 Å². The van der Waals surface area contributed by atoms with Crippen molar-refractivity contribution in [3.8, 4) is 0 Å². The molecule has 1 saturated heterocycles. The van der Waals surface area contributed by atoms with Gasteiger partial charge in [0.2, 0.25) is 11.8 Å². The number of esters is 1. The van der Waals surface area contributed by atoms with Crippen LogP contribution in [0.1, 0.15) is 31.9 Å². The first kappa shape index (κ1) is 26.2. The number of benzene rings is 1. The Morgan fingerprint density at radius 2 is 1.86 bits per heavy atom. The first-order chi connectivity index (χ1) is 17.3. The van der Waals surface area contributed by atoms with E-state index in [4.69, 9.17) is 21.1 Å². The van der Waals surface area contributed by atoms with Crippen molar-refractivity contribution in [2.75, 3.05) is 46.5 Å². The molecule has 0 N–H and O–H groups in total. The summed E-state index contributed by atoms with van der Waals surface area (Å²) in [5.41, 5.74) is 2.50. The van der Waals surface area contributed by atoms with Gasteiger partial charge in [0.1, 0.15) is 6.61 Å². The van der Waals surface area contributed by atoms with Crippen molar-refractivity contribution in [2.24, 2.45) is 4.99 Å². The molecule has 36 heavy (non-hydrogen) atoms. The third-order valence-corrected chi connectivity index (χ3v) is 7.44. The maximum absolute atomic E-state index is 13.2. The van der Waals surface area contributed by atoms with Crippen molar-refractivity contribution in [3.63, 3.8) is 0 Å². The molecule has 3 aliphatic rings. The summed E-state index contributed by atoms with van der Waals surface area (Å²) >= 11 is 7.74. The van der Waals surface area contributed by atoms with Crippen molar-refractivity contribution in [2.45, 2.75) is 26.3 Å². The fourth-order valence-electron chi connectivity index (χ4n) is 4.46. The molecule has 0 aliphatic carbocycles. The highest BCUT2D eigenvalue weighted by Crippen LogP contribution is 2.45. The molecule has 11 heteroatoms. The Morgan fingerprint density at radius 1 is 1.14 bits per heavy atom. The van der Waals surface area contributed by atoms with Crippen LogP contribution in [-0.4, -0.2) is 84.2 Å². The summed E-state index contributed by atoms with van der Waals surface area (Å²) in [4.78, 5) is 48.2. The van der Waals surface area contributed by atoms with Crippen LogP contribution >= 0.6 is 23.4 Å². The van der Waals surface area contributed by atoms with E-state index in [9.17, 15) is 14.4 Å². The zero-order valence-electron chi connectivity index (χ0n) is 20.5. The van der Waals surface area contributed by atoms with Gasteiger partial charge in [-0.2, -0.15) is 0 Å². The van der Waals surface area contributed by atoms with Gasteiger partial charge in [0.25, 0.3) is 0 Å². The normalized spacial score (nSPS) is 19.7. The minimum absolute atomic E-state index is 0.0163. The van der Waals surface area contributed by atoms with E-state index in [1.165, 1.54) is 11.8 Å². The summed E-state index contributed by atoms with van der Waals surface area (Å²) in [5.74, 6) is -0.505. The number of thioether (sulfide) groups is 1. The average molecular weight is 533 g/mol. The number of aliphatic imine (C=N–C) groups is 1. The highest BCUT2D eigenvalue weighted by atomic mass is 35.5. The van der Waals surface area contributed by atoms with Crippen LogP contribution in [0.2, 0.25) is 5.02 Å². The summed E-state index contributed by atoms with van der Waals surface area (Å²) in [6.45, 7) is 5.76. The van der Waals surface area contributed by atoms with Gasteiger partial charge in [-0.05, 0) is 30.0 Å². The minimum atomic E-state index is -0.546. The summed E-state index contributed by atoms with van der Waals surface area (Å²) in [6, 6.07) is 6.77. The van der Waals surface area contributed by atoms with Crippen molar-refractivity contribution < 1.29 is 23.9 Å². The molecule has 0 radical (unpaired) electrons.